The van der Waals surface area contributed by atoms with Crippen molar-refractivity contribution in [2.75, 3.05) is 0 Å². The first-order chi connectivity index (χ1) is 8.16. The van der Waals surface area contributed by atoms with Crippen LogP contribution < -0.4 is 5.73 Å². The Bertz CT molecular complexity index is 501. The van der Waals surface area contributed by atoms with E-state index in [1.54, 1.807) is 12.3 Å². The van der Waals surface area contributed by atoms with Crippen molar-refractivity contribution in [3.8, 4) is 0 Å². The molecule has 3 nitrogen and oxygen atoms in total. The molecule has 0 saturated heterocycles. The highest BCUT2D eigenvalue weighted by atomic mass is 79.9. The lowest BCUT2D eigenvalue weighted by atomic mass is 10.0. The van der Waals surface area contributed by atoms with Crippen LogP contribution in [0.2, 0.25) is 0 Å². The molecular formula is C12H11BrFN3. The third kappa shape index (κ3) is 3.08. The zero-order valence-corrected chi connectivity index (χ0v) is 10.6. The number of hydrogen-bond acceptors (Lipinski definition) is 3. The third-order valence-electron chi connectivity index (χ3n) is 2.42. The molecule has 2 rings (SSSR count). The maximum absolute atomic E-state index is 13.4. The molecule has 1 atom stereocenters. The molecule has 0 amide bonds. The molecule has 2 heterocycles. The van der Waals surface area contributed by atoms with Gasteiger partial charge in [-0.1, -0.05) is 0 Å². The molecule has 88 valence electrons. The highest BCUT2D eigenvalue weighted by Crippen LogP contribution is 2.18. The van der Waals surface area contributed by atoms with Crippen molar-refractivity contribution in [2.24, 2.45) is 5.73 Å². The van der Waals surface area contributed by atoms with Gasteiger partial charge in [-0.3, -0.25) is 9.97 Å². The molecule has 2 aromatic rings. The molecule has 0 aliphatic rings. The van der Waals surface area contributed by atoms with Gasteiger partial charge in [0.2, 0.25) is 0 Å². The van der Waals surface area contributed by atoms with Crippen LogP contribution in [0.25, 0.3) is 0 Å². The van der Waals surface area contributed by atoms with E-state index < -0.39 is 6.04 Å². The summed E-state index contributed by atoms with van der Waals surface area (Å²) in [6.07, 6.45) is 4.90. The van der Waals surface area contributed by atoms with E-state index in [1.165, 1.54) is 12.4 Å². The first kappa shape index (κ1) is 12.1. The second kappa shape index (κ2) is 5.33. The van der Waals surface area contributed by atoms with Gasteiger partial charge in [-0.2, -0.15) is 0 Å². The van der Waals surface area contributed by atoms with E-state index in [0.29, 0.717) is 12.0 Å². The lowest BCUT2D eigenvalue weighted by molar-refractivity contribution is 0.572. The predicted octanol–water partition coefficient (Wildman–Crippen LogP) is 2.62. The predicted molar refractivity (Wildman–Crippen MR) is 66.8 cm³/mol. The number of halogens is 2. The van der Waals surface area contributed by atoms with Crippen molar-refractivity contribution in [2.45, 2.75) is 12.5 Å². The number of rotatable bonds is 3. The largest absolute Gasteiger partial charge is 0.324 e. The number of hydrogen-bond donors (Lipinski definition) is 1. The lowest BCUT2D eigenvalue weighted by Crippen LogP contribution is -2.15. The number of aromatic nitrogens is 2. The van der Waals surface area contributed by atoms with E-state index in [1.807, 2.05) is 12.1 Å². The topological polar surface area (TPSA) is 51.8 Å². The van der Waals surface area contributed by atoms with Crippen molar-refractivity contribution in [3.05, 3.63) is 58.3 Å². The molecule has 2 aromatic heterocycles. The molecule has 0 aromatic carbocycles. The Labute approximate surface area is 107 Å². The van der Waals surface area contributed by atoms with Gasteiger partial charge in [0.25, 0.3) is 0 Å². The summed E-state index contributed by atoms with van der Waals surface area (Å²) in [4.78, 5) is 7.90. The van der Waals surface area contributed by atoms with Gasteiger partial charge in [-0.25, -0.2) is 4.39 Å². The van der Waals surface area contributed by atoms with Crippen molar-refractivity contribution in [1.29, 1.82) is 0 Å². The number of nitrogens with two attached hydrogens (primary N) is 1. The van der Waals surface area contributed by atoms with Crippen molar-refractivity contribution >= 4 is 15.9 Å². The molecule has 5 heteroatoms. The van der Waals surface area contributed by atoms with Crippen LogP contribution in [0.15, 0.2) is 41.3 Å². The Morgan fingerprint density at radius 3 is 2.76 bits per heavy atom. The maximum atomic E-state index is 13.4. The molecule has 0 bridgehead atoms. The Balaban J connectivity index is 2.14. The van der Waals surface area contributed by atoms with E-state index in [4.69, 9.17) is 5.73 Å². The van der Waals surface area contributed by atoms with E-state index in [0.717, 1.165) is 10.2 Å². The normalized spacial score (nSPS) is 12.4. The van der Waals surface area contributed by atoms with Crippen LogP contribution in [0.1, 0.15) is 17.3 Å². The smallest absolute Gasteiger partial charge is 0.146 e. The summed E-state index contributed by atoms with van der Waals surface area (Å²) in [5, 5.41) is 0. The zero-order chi connectivity index (χ0) is 12.3. The standard InChI is InChI=1S/C12H11BrFN3/c13-8-1-2-9(17-6-8)5-12(15)10-3-4-16-7-11(10)14/h1-4,6-7,12H,5,15H2. The van der Waals surface area contributed by atoms with Crippen molar-refractivity contribution in [3.63, 3.8) is 0 Å². The first-order valence-electron chi connectivity index (χ1n) is 5.12. The second-order valence-corrected chi connectivity index (χ2v) is 4.59. The van der Waals surface area contributed by atoms with Crippen LogP contribution in [0.4, 0.5) is 4.39 Å². The number of nitrogens with zero attached hydrogens (tertiary/aromatic N) is 2. The van der Waals surface area contributed by atoms with Crippen LogP contribution in [0, 0.1) is 5.82 Å². The Kier molecular flexibility index (Phi) is 3.81. The molecule has 0 spiro atoms. The Morgan fingerprint density at radius 1 is 1.29 bits per heavy atom. The van der Waals surface area contributed by atoms with Crippen LogP contribution in [0.3, 0.4) is 0 Å². The molecule has 0 aliphatic carbocycles. The van der Waals surface area contributed by atoms with Gasteiger partial charge in [-0.05, 0) is 34.1 Å². The SMILES string of the molecule is NC(Cc1ccc(Br)cn1)c1ccncc1F. The summed E-state index contributed by atoms with van der Waals surface area (Å²) in [6, 6.07) is 4.94. The minimum Gasteiger partial charge on any atom is -0.324 e. The molecule has 2 N–H and O–H groups in total. The van der Waals surface area contributed by atoms with Gasteiger partial charge in [0, 0.05) is 40.6 Å². The van der Waals surface area contributed by atoms with Gasteiger partial charge in [0.15, 0.2) is 0 Å². The monoisotopic (exact) mass is 295 g/mol. The Morgan fingerprint density at radius 2 is 2.12 bits per heavy atom. The fourth-order valence-electron chi connectivity index (χ4n) is 1.55. The van der Waals surface area contributed by atoms with Crippen LogP contribution in [-0.2, 0) is 6.42 Å². The summed E-state index contributed by atoms with van der Waals surface area (Å²) in [7, 11) is 0. The van der Waals surface area contributed by atoms with Crippen molar-refractivity contribution in [1.82, 2.24) is 9.97 Å². The summed E-state index contributed by atoms with van der Waals surface area (Å²) in [6.45, 7) is 0. The summed E-state index contributed by atoms with van der Waals surface area (Å²) in [5.74, 6) is -0.378. The van der Waals surface area contributed by atoms with Gasteiger partial charge >= 0.3 is 0 Å². The molecule has 17 heavy (non-hydrogen) atoms. The molecule has 0 radical (unpaired) electrons. The maximum Gasteiger partial charge on any atom is 0.146 e. The lowest BCUT2D eigenvalue weighted by Gasteiger charge is -2.11. The zero-order valence-electron chi connectivity index (χ0n) is 8.98. The van der Waals surface area contributed by atoms with E-state index in [-0.39, 0.29) is 5.82 Å². The van der Waals surface area contributed by atoms with Crippen molar-refractivity contribution < 1.29 is 4.39 Å². The van der Waals surface area contributed by atoms with E-state index >= 15 is 0 Å². The fourth-order valence-corrected chi connectivity index (χ4v) is 1.78. The summed E-state index contributed by atoms with van der Waals surface area (Å²) in [5.41, 5.74) is 7.24. The molecular weight excluding hydrogens is 285 g/mol. The van der Waals surface area contributed by atoms with Gasteiger partial charge in [-0.15, -0.1) is 0 Å². The average Bonchev–Trinajstić information content (AvgIpc) is 2.32. The molecule has 0 aliphatic heterocycles. The second-order valence-electron chi connectivity index (χ2n) is 3.68. The fraction of sp³-hybridized carbons (Fsp3) is 0.167. The van der Waals surface area contributed by atoms with E-state index in [9.17, 15) is 4.39 Å². The minimum absolute atomic E-state index is 0.378. The first-order valence-corrected chi connectivity index (χ1v) is 5.91. The molecule has 0 fully saturated rings. The average molecular weight is 296 g/mol. The number of pyridine rings is 2. The quantitative estimate of drug-likeness (QED) is 0.947. The van der Waals surface area contributed by atoms with Crippen LogP contribution in [-0.4, -0.2) is 9.97 Å². The minimum atomic E-state index is -0.410. The summed E-state index contributed by atoms with van der Waals surface area (Å²) >= 11 is 3.31. The van der Waals surface area contributed by atoms with E-state index in [2.05, 4.69) is 25.9 Å². The summed E-state index contributed by atoms with van der Waals surface area (Å²) < 4.78 is 14.3. The molecule has 1 unspecified atom stereocenters. The third-order valence-corrected chi connectivity index (χ3v) is 2.89. The van der Waals surface area contributed by atoms with Gasteiger partial charge in [0.1, 0.15) is 5.82 Å². The molecule has 0 saturated carbocycles. The van der Waals surface area contributed by atoms with Gasteiger partial charge in [0.05, 0.1) is 6.20 Å². The highest BCUT2D eigenvalue weighted by Gasteiger charge is 2.12. The van der Waals surface area contributed by atoms with Gasteiger partial charge < -0.3 is 5.73 Å². The Hall–Kier alpha value is -1.33. The van der Waals surface area contributed by atoms with Crippen LogP contribution >= 0.6 is 15.9 Å². The van der Waals surface area contributed by atoms with Crippen LogP contribution in [0.5, 0.6) is 0 Å². The highest BCUT2D eigenvalue weighted by molar-refractivity contribution is 9.10.